The molecule has 0 aromatic heterocycles. The number of benzene rings is 3. The average Bonchev–Trinajstić information content (AvgIpc) is 3.58. The molecule has 2 bridgehead atoms. The second kappa shape index (κ2) is 8.81. The van der Waals surface area contributed by atoms with Gasteiger partial charge in [0.15, 0.2) is 0 Å². The Bertz CT molecular complexity index is 1230. The minimum atomic E-state index is -0.976. The highest BCUT2D eigenvalue weighted by Gasteiger charge is 2.62. The zero-order chi connectivity index (χ0) is 23.9. The van der Waals surface area contributed by atoms with Gasteiger partial charge >= 0.3 is 5.97 Å². The zero-order valence-corrected chi connectivity index (χ0v) is 19.4. The van der Waals surface area contributed by atoms with Crippen LogP contribution in [0.15, 0.2) is 84.9 Å². The molecule has 5 heteroatoms. The Balaban J connectivity index is 1.26. The molecule has 3 aromatic carbocycles. The Hall–Kier alpha value is -3.73. The van der Waals surface area contributed by atoms with E-state index in [2.05, 4.69) is 0 Å². The zero-order valence-electron chi connectivity index (χ0n) is 19.4. The van der Waals surface area contributed by atoms with Crippen LogP contribution < -0.4 is 4.74 Å². The number of amides is 2. The number of hydrogen-bond acceptors (Lipinski definition) is 4. The maximum atomic E-state index is 13.5. The number of imide groups is 1. The number of ether oxygens (including phenoxy) is 1. The molecule has 5 nitrogen and oxygen atoms in total. The van der Waals surface area contributed by atoms with Crippen LogP contribution in [0.2, 0.25) is 0 Å². The SMILES string of the molecule is O=C(Oc1ccc(-c2ccccc2)cc1)[C@H](Cc1ccccc1)N1C(=O)[C@H]2[C@H]3CC[C@@H](C3)[C@@H]2C1=O. The van der Waals surface area contributed by atoms with E-state index in [1.165, 1.54) is 4.90 Å². The molecule has 35 heavy (non-hydrogen) atoms. The van der Waals surface area contributed by atoms with E-state index in [4.69, 9.17) is 4.74 Å². The maximum Gasteiger partial charge on any atom is 0.335 e. The molecule has 0 spiro atoms. The van der Waals surface area contributed by atoms with Gasteiger partial charge in [-0.05, 0) is 59.9 Å². The largest absolute Gasteiger partial charge is 0.425 e. The first kappa shape index (κ1) is 21.8. The van der Waals surface area contributed by atoms with Gasteiger partial charge < -0.3 is 4.74 Å². The van der Waals surface area contributed by atoms with E-state index in [1.807, 2.05) is 72.8 Å². The lowest BCUT2D eigenvalue weighted by molar-refractivity contribution is -0.154. The molecule has 2 amide bonds. The van der Waals surface area contributed by atoms with E-state index < -0.39 is 12.0 Å². The van der Waals surface area contributed by atoms with Crippen LogP contribution >= 0.6 is 0 Å². The Morgan fingerprint density at radius 1 is 0.771 bits per heavy atom. The number of esters is 1. The van der Waals surface area contributed by atoms with Crippen LogP contribution in [0.5, 0.6) is 5.75 Å². The number of fused-ring (bicyclic) bond motifs is 5. The highest BCUT2D eigenvalue weighted by atomic mass is 16.5. The van der Waals surface area contributed by atoms with Gasteiger partial charge in [0, 0.05) is 6.42 Å². The van der Waals surface area contributed by atoms with Crippen LogP contribution in [-0.4, -0.2) is 28.7 Å². The summed E-state index contributed by atoms with van der Waals surface area (Å²) in [6, 6.07) is 25.8. The van der Waals surface area contributed by atoms with Crippen LogP contribution in [-0.2, 0) is 20.8 Å². The topological polar surface area (TPSA) is 63.7 Å². The van der Waals surface area contributed by atoms with Gasteiger partial charge in [0.25, 0.3) is 0 Å². The molecule has 2 saturated carbocycles. The van der Waals surface area contributed by atoms with E-state index >= 15 is 0 Å². The highest BCUT2D eigenvalue weighted by Crippen LogP contribution is 2.56. The fourth-order valence-electron chi connectivity index (χ4n) is 6.39. The van der Waals surface area contributed by atoms with Gasteiger partial charge in [-0.25, -0.2) is 4.79 Å². The van der Waals surface area contributed by atoms with Gasteiger partial charge in [0.2, 0.25) is 11.8 Å². The summed E-state index contributed by atoms with van der Waals surface area (Å²) in [4.78, 5) is 41.7. The van der Waals surface area contributed by atoms with Crippen LogP contribution in [0.25, 0.3) is 11.1 Å². The van der Waals surface area contributed by atoms with Gasteiger partial charge in [-0.3, -0.25) is 14.5 Å². The normalized spacial score (nSPS) is 25.5. The van der Waals surface area contributed by atoms with Crippen LogP contribution in [0.1, 0.15) is 24.8 Å². The summed E-state index contributed by atoms with van der Waals surface area (Å²) in [5.41, 5.74) is 2.97. The minimum Gasteiger partial charge on any atom is -0.425 e. The van der Waals surface area contributed by atoms with E-state index in [9.17, 15) is 14.4 Å². The van der Waals surface area contributed by atoms with Gasteiger partial charge in [0.1, 0.15) is 11.8 Å². The summed E-state index contributed by atoms with van der Waals surface area (Å²) in [5, 5.41) is 0. The lowest BCUT2D eigenvalue weighted by atomic mass is 9.81. The van der Waals surface area contributed by atoms with E-state index in [-0.39, 0.29) is 41.9 Å². The van der Waals surface area contributed by atoms with Crippen LogP contribution in [0, 0.1) is 23.7 Å². The number of hydrogen-bond donors (Lipinski definition) is 0. The molecular formula is C30H27NO4. The van der Waals surface area contributed by atoms with Crippen molar-refractivity contribution in [1.29, 1.82) is 0 Å². The van der Waals surface area contributed by atoms with Crippen molar-refractivity contribution in [2.75, 3.05) is 0 Å². The van der Waals surface area contributed by atoms with Crippen molar-refractivity contribution in [3.63, 3.8) is 0 Å². The van der Waals surface area contributed by atoms with Crippen molar-refractivity contribution in [1.82, 2.24) is 4.90 Å². The molecule has 0 radical (unpaired) electrons. The van der Waals surface area contributed by atoms with E-state index in [0.717, 1.165) is 36.0 Å². The number of carbonyl (C=O) groups excluding carboxylic acids is 3. The third-order valence-corrected chi connectivity index (χ3v) is 8.00. The first-order chi connectivity index (χ1) is 17.1. The summed E-state index contributed by atoms with van der Waals surface area (Å²) < 4.78 is 5.76. The molecule has 176 valence electrons. The summed E-state index contributed by atoms with van der Waals surface area (Å²) in [6.07, 6.45) is 3.21. The van der Waals surface area contributed by atoms with E-state index in [0.29, 0.717) is 5.75 Å². The first-order valence-electron chi connectivity index (χ1n) is 12.4. The fourth-order valence-corrected chi connectivity index (χ4v) is 6.39. The molecular weight excluding hydrogens is 438 g/mol. The lowest BCUT2D eigenvalue weighted by Gasteiger charge is -2.26. The monoisotopic (exact) mass is 465 g/mol. The summed E-state index contributed by atoms with van der Waals surface area (Å²) >= 11 is 0. The molecule has 2 aliphatic carbocycles. The third-order valence-electron chi connectivity index (χ3n) is 8.00. The quantitative estimate of drug-likeness (QED) is 0.295. The first-order valence-corrected chi connectivity index (χ1v) is 12.4. The second-order valence-corrected chi connectivity index (χ2v) is 9.95. The minimum absolute atomic E-state index is 0.190. The Morgan fingerprint density at radius 3 is 1.91 bits per heavy atom. The van der Waals surface area contributed by atoms with Crippen molar-refractivity contribution in [2.45, 2.75) is 31.7 Å². The van der Waals surface area contributed by atoms with Crippen LogP contribution in [0.3, 0.4) is 0 Å². The molecule has 3 fully saturated rings. The second-order valence-electron chi connectivity index (χ2n) is 9.95. The molecule has 1 heterocycles. The third kappa shape index (κ3) is 3.85. The fraction of sp³-hybridized carbons (Fsp3) is 0.300. The van der Waals surface area contributed by atoms with Crippen molar-refractivity contribution in [2.24, 2.45) is 23.7 Å². The molecule has 1 aliphatic heterocycles. The number of carbonyl (C=O) groups is 3. The molecule has 1 saturated heterocycles. The molecule has 3 aliphatic rings. The summed E-state index contributed by atoms with van der Waals surface area (Å²) in [6.45, 7) is 0. The average molecular weight is 466 g/mol. The highest BCUT2D eigenvalue weighted by molar-refractivity contribution is 6.08. The van der Waals surface area contributed by atoms with Crippen molar-refractivity contribution in [3.8, 4) is 16.9 Å². The predicted molar refractivity (Wildman–Crippen MR) is 131 cm³/mol. The van der Waals surface area contributed by atoms with Crippen LogP contribution in [0.4, 0.5) is 0 Å². The van der Waals surface area contributed by atoms with Gasteiger partial charge in [-0.1, -0.05) is 72.8 Å². The van der Waals surface area contributed by atoms with Crippen molar-refractivity contribution < 1.29 is 19.1 Å². The van der Waals surface area contributed by atoms with Gasteiger partial charge in [-0.2, -0.15) is 0 Å². The van der Waals surface area contributed by atoms with Gasteiger partial charge in [-0.15, -0.1) is 0 Å². The standard InChI is InChI=1S/C30H27NO4/c32-28-26-22-11-12-23(18-22)27(26)29(33)31(28)25(17-19-7-3-1-4-8-19)30(34)35-24-15-13-21(14-16-24)20-9-5-2-6-10-20/h1-10,13-16,22-23,25-27H,11-12,17-18H2/t22-,23-,25-,26-,27-/m0/s1. The molecule has 5 atom stereocenters. The number of rotatable bonds is 6. The maximum absolute atomic E-state index is 13.5. The molecule has 6 rings (SSSR count). The Morgan fingerprint density at radius 2 is 1.31 bits per heavy atom. The summed E-state index contributed by atoms with van der Waals surface area (Å²) in [5.74, 6) is -0.554. The molecule has 0 unspecified atom stereocenters. The summed E-state index contributed by atoms with van der Waals surface area (Å²) in [7, 11) is 0. The van der Waals surface area contributed by atoms with Gasteiger partial charge in [0.05, 0.1) is 11.8 Å². The molecule has 0 N–H and O–H groups in total. The van der Waals surface area contributed by atoms with Crippen molar-refractivity contribution in [3.05, 3.63) is 90.5 Å². The van der Waals surface area contributed by atoms with E-state index in [1.54, 1.807) is 12.1 Å². The number of likely N-dealkylation sites (tertiary alicyclic amines) is 1. The lowest BCUT2D eigenvalue weighted by Crippen LogP contribution is -2.49. The Kier molecular flexibility index (Phi) is 5.48. The Labute approximate surface area is 204 Å². The number of nitrogens with zero attached hydrogens (tertiary/aromatic N) is 1. The molecule has 3 aromatic rings. The smallest absolute Gasteiger partial charge is 0.335 e. The van der Waals surface area contributed by atoms with Crippen molar-refractivity contribution >= 4 is 17.8 Å². The predicted octanol–water partition coefficient (Wildman–Crippen LogP) is 4.90.